The van der Waals surface area contributed by atoms with Crippen LogP contribution >= 0.6 is 58.6 Å². The predicted octanol–water partition coefficient (Wildman–Crippen LogP) is 6.74. The molecule has 0 spiro atoms. The minimum atomic E-state index is -0.393. The van der Waals surface area contributed by atoms with Gasteiger partial charge in [-0.1, -0.05) is 58.5 Å². The van der Waals surface area contributed by atoms with Crippen molar-refractivity contribution in [3.05, 3.63) is 91.9 Å². The van der Waals surface area contributed by atoms with Crippen LogP contribution in [0.5, 0.6) is 0 Å². The van der Waals surface area contributed by atoms with E-state index in [0.717, 1.165) is 5.56 Å². The van der Waals surface area contributed by atoms with Crippen LogP contribution in [0, 0.1) is 5.82 Å². The molecule has 0 amide bonds. The molecule has 4 rings (SSSR count). The molecule has 2 N–H and O–H groups in total. The molecular formula is C21H15Cl4FN6S. The molecule has 12 heteroatoms. The van der Waals surface area contributed by atoms with Crippen molar-refractivity contribution in [2.45, 2.75) is 13.1 Å². The molecule has 6 nitrogen and oxygen atoms in total. The number of nitrogens with zero attached hydrogens (tertiary/aromatic N) is 4. The summed E-state index contributed by atoms with van der Waals surface area (Å²) in [7, 11) is 0. The third kappa shape index (κ3) is 5.96. The van der Waals surface area contributed by atoms with Crippen LogP contribution in [-0.2, 0) is 13.1 Å². The normalized spacial score (nSPS) is 10.9. The van der Waals surface area contributed by atoms with Crippen molar-refractivity contribution in [2.24, 2.45) is 0 Å². The zero-order valence-electron chi connectivity index (χ0n) is 16.7. The number of hydrogen-bond acceptors (Lipinski definition) is 3. The second-order valence-corrected chi connectivity index (χ2v) is 8.99. The van der Waals surface area contributed by atoms with E-state index < -0.39 is 5.82 Å². The summed E-state index contributed by atoms with van der Waals surface area (Å²) < 4.78 is 17.2. The molecule has 2 aromatic carbocycles. The van der Waals surface area contributed by atoms with Crippen molar-refractivity contribution in [1.82, 2.24) is 19.6 Å². The molecule has 2 heterocycles. The van der Waals surface area contributed by atoms with E-state index in [0.29, 0.717) is 43.8 Å². The summed E-state index contributed by atoms with van der Waals surface area (Å²) in [6.07, 6.45) is 3.36. The van der Waals surface area contributed by atoms with Crippen LogP contribution < -0.4 is 10.6 Å². The Labute approximate surface area is 214 Å². The number of benzene rings is 2. The Morgan fingerprint density at radius 2 is 1.70 bits per heavy atom. The monoisotopic (exact) mass is 542 g/mol. The molecule has 0 aliphatic heterocycles. The van der Waals surface area contributed by atoms with Gasteiger partial charge in [0.15, 0.2) is 16.7 Å². The largest absolute Gasteiger partial charge is 0.316 e. The number of nitrogens with one attached hydrogen (secondary N) is 2. The van der Waals surface area contributed by atoms with Gasteiger partial charge in [0.1, 0.15) is 10.8 Å². The fourth-order valence-corrected chi connectivity index (χ4v) is 3.95. The van der Waals surface area contributed by atoms with Gasteiger partial charge < -0.3 is 10.6 Å². The maximum Gasteiger partial charge on any atom is 0.177 e. The number of thiocarbonyl (C=S) groups is 1. The third-order valence-corrected chi connectivity index (χ3v) is 6.12. The standard InChI is InChI=1S/C21H15Cl4FN6S/c22-14-2-1-3-18(26)13(14)10-31-7-6-19(29-31)27-21(33)28-20-17(25)11-32(30-20)9-12-4-5-15(23)16(24)8-12/h1-8,11H,9-10H2,(H2,27,28,29,30,33). The number of aromatic nitrogens is 4. The number of halogens is 5. The first-order valence-electron chi connectivity index (χ1n) is 9.49. The molecule has 33 heavy (non-hydrogen) atoms. The lowest BCUT2D eigenvalue weighted by molar-refractivity contribution is 0.586. The van der Waals surface area contributed by atoms with Gasteiger partial charge in [-0.15, -0.1) is 0 Å². The third-order valence-electron chi connectivity index (χ3n) is 4.54. The fourth-order valence-electron chi connectivity index (χ4n) is 3.00. The summed E-state index contributed by atoms with van der Waals surface area (Å²) in [4.78, 5) is 0. The first-order valence-corrected chi connectivity index (χ1v) is 11.4. The van der Waals surface area contributed by atoms with Gasteiger partial charge in [-0.3, -0.25) is 9.36 Å². The highest BCUT2D eigenvalue weighted by Gasteiger charge is 2.12. The lowest BCUT2D eigenvalue weighted by atomic mass is 10.2. The van der Waals surface area contributed by atoms with Gasteiger partial charge in [-0.05, 0) is 42.0 Å². The molecule has 0 unspecified atom stereocenters. The minimum Gasteiger partial charge on any atom is -0.316 e. The highest BCUT2D eigenvalue weighted by Crippen LogP contribution is 2.25. The molecular weight excluding hydrogens is 529 g/mol. The topological polar surface area (TPSA) is 59.7 Å². The van der Waals surface area contributed by atoms with Crippen molar-refractivity contribution >= 4 is 75.4 Å². The quantitative estimate of drug-likeness (QED) is 0.264. The van der Waals surface area contributed by atoms with Gasteiger partial charge in [-0.2, -0.15) is 10.2 Å². The molecule has 2 aromatic heterocycles. The average molecular weight is 544 g/mol. The van der Waals surface area contributed by atoms with Crippen LogP contribution in [0.4, 0.5) is 16.0 Å². The highest BCUT2D eigenvalue weighted by molar-refractivity contribution is 7.80. The molecule has 0 bridgehead atoms. The highest BCUT2D eigenvalue weighted by atomic mass is 35.5. The molecule has 0 atom stereocenters. The molecule has 0 aliphatic carbocycles. The first kappa shape index (κ1) is 23.8. The number of anilines is 2. The Morgan fingerprint density at radius 3 is 2.45 bits per heavy atom. The van der Waals surface area contributed by atoms with E-state index in [1.54, 1.807) is 52.1 Å². The zero-order chi connectivity index (χ0) is 23.5. The van der Waals surface area contributed by atoms with E-state index in [2.05, 4.69) is 20.8 Å². The van der Waals surface area contributed by atoms with E-state index >= 15 is 0 Å². The summed E-state index contributed by atoms with van der Waals surface area (Å²) in [5, 5.41) is 16.5. The number of rotatable bonds is 6. The van der Waals surface area contributed by atoms with Crippen molar-refractivity contribution < 1.29 is 4.39 Å². The van der Waals surface area contributed by atoms with Crippen molar-refractivity contribution in [2.75, 3.05) is 10.6 Å². The second kappa shape index (κ2) is 10.3. The van der Waals surface area contributed by atoms with Crippen molar-refractivity contribution in [3.8, 4) is 0 Å². The average Bonchev–Trinajstić information content (AvgIpc) is 3.33. The maximum atomic E-state index is 14.0. The Morgan fingerprint density at radius 1 is 0.879 bits per heavy atom. The predicted molar refractivity (Wildman–Crippen MR) is 135 cm³/mol. The van der Waals surface area contributed by atoms with Crippen LogP contribution in [0.15, 0.2) is 54.9 Å². The Hall–Kier alpha value is -2.36. The fraction of sp³-hybridized carbons (Fsp3) is 0.0952. The van der Waals surface area contributed by atoms with Crippen LogP contribution in [0.25, 0.3) is 0 Å². The van der Waals surface area contributed by atoms with Gasteiger partial charge in [0.2, 0.25) is 0 Å². The van der Waals surface area contributed by atoms with Crippen LogP contribution in [0.1, 0.15) is 11.1 Å². The van der Waals surface area contributed by atoms with E-state index in [1.165, 1.54) is 6.07 Å². The molecule has 0 aliphatic rings. The Kier molecular flexibility index (Phi) is 7.41. The first-order chi connectivity index (χ1) is 15.8. The maximum absolute atomic E-state index is 14.0. The van der Waals surface area contributed by atoms with E-state index in [4.69, 9.17) is 58.6 Å². The van der Waals surface area contributed by atoms with Gasteiger partial charge in [0.05, 0.1) is 23.1 Å². The lowest BCUT2D eigenvalue weighted by Crippen LogP contribution is -2.20. The molecule has 0 saturated carbocycles. The van der Waals surface area contributed by atoms with E-state index in [-0.39, 0.29) is 11.7 Å². The van der Waals surface area contributed by atoms with Gasteiger partial charge >= 0.3 is 0 Å². The van der Waals surface area contributed by atoms with E-state index in [9.17, 15) is 4.39 Å². The summed E-state index contributed by atoms with van der Waals surface area (Å²) in [5.74, 6) is 0.453. The molecule has 0 radical (unpaired) electrons. The summed E-state index contributed by atoms with van der Waals surface area (Å²) in [6.45, 7) is 0.625. The SMILES string of the molecule is Fc1cccc(Cl)c1Cn1ccc(NC(=S)Nc2nn(Cc3ccc(Cl)c(Cl)c3)cc2Cl)n1. The molecule has 0 fully saturated rings. The molecule has 4 aromatic rings. The van der Waals surface area contributed by atoms with Gasteiger partial charge in [0.25, 0.3) is 0 Å². The Balaban J connectivity index is 1.38. The van der Waals surface area contributed by atoms with Crippen LogP contribution in [-0.4, -0.2) is 24.7 Å². The smallest absolute Gasteiger partial charge is 0.177 e. The molecule has 0 saturated heterocycles. The summed E-state index contributed by atoms with van der Waals surface area (Å²) >= 11 is 29.7. The van der Waals surface area contributed by atoms with E-state index in [1.807, 2.05) is 6.07 Å². The van der Waals surface area contributed by atoms with Crippen molar-refractivity contribution in [3.63, 3.8) is 0 Å². The van der Waals surface area contributed by atoms with Crippen molar-refractivity contribution in [1.29, 1.82) is 0 Å². The Bertz CT molecular complexity index is 1300. The van der Waals surface area contributed by atoms with Gasteiger partial charge in [-0.25, -0.2) is 4.39 Å². The zero-order valence-corrected chi connectivity index (χ0v) is 20.5. The second-order valence-electron chi connectivity index (χ2n) is 6.95. The number of hydrogen-bond donors (Lipinski definition) is 2. The molecule has 170 valence electrons. The minimum absolute atomic E-state index is 0.179. The lowest BCUT2D eigenvalue weighted by Gasteiger charge is -2.08. The summed E-state index contributed by atoms with van der Waals surface area (Å²) in [5.41, 5.74) is 1.27. The van der Waals surface area contributed by atoms with Gasteiger partial charge in [0, 0.05) is 29.0 Å². The van der Waals surface area contributed by atoms with Crippen LogP contribution in [0.3, 0.4) is 0 Å². The summed E-state index contributed by atoms with van der Waals surface area (Å²) in [6, 6.07) is 11.6. The van der Waals surface area contributed by atoms with Crippen LogP contribution in [0.2, 0.25) is 20.1 Å².